The number of carbonyl (C=O) groups is 1. The Labute approximate surface area is 146 Å². The van der Waals surface area contributed by atoms with Gasteiger partial charge in [-0.2, -0.15) is 0 Å². The normalized spacial score (nSPS) is 58.2. The minimum absolute atomic E-state index is 0.0266. The van der Waals surface area contributed by atoms with Crippen LogP contribution in [0, 0.1) is 46.3 Å². The quantitative estimate of drug-likeness (QED) is 0.803. The third-order valence-electron chi connectivity index (χ3n) is 9.93. The Morgan fingerprint density at radius 3 is 2.58 bits per heavy atom. The number of ketones is 1. The summed E-state index contributed by atoms with van der Waals surface area (Å²) >= 11 is 0. The molecule has 5 fully saturated rings. The van der Waals surface area contributed by atoms with Crippen molar-refractivity contribution in [3.05, 3.63) is 0 Å². The number of aliphatic hydroxyl groups excluding tert-OH is 1. The first-order valence-corrected chi connectivity index (χ1v) is 10.7. The van der Waals surface area contributed by atoms with Crippen molar-refractivity contribution in [3.63, 3.8) is 0 Å². The van der Waals surface area contributed by atoms with Gasteiger partial charge < -0.3 is 5.11 Å². The largest absolute Gasteiger partial charge is 0.393 e. The summed E-state index contributed by atoms with van der Waals surface area (Å²) in [6, 6.07) is 0. The van der Waals surface area contributed by atoms with Gasteiger partial charge in [0.1, 0.15) is 5.78 Å². The van der Waals surface area contributed by atoms with E-state index >= 15 is 0 Å². The molecule has 0 heterocycles. The molecule has 9 atom stereocenters. The van der Waals surface area contributed by atoms with E-state index in [9.17, 15) is 9.90 Å². The van der Waals surface area contributed by atoms with E-state index in [2.05, 4.69) is 6.92 Å². The highest BCUT2D eigenvalue weighted by Crippen LogP contribution is 2.81. The molecule has 0 aromatic rings. The van der Waals surface area contributed by atoms with Crippen LogP contribution in [0.5, 0.6) is 0 Å². The number of carbonyl (C=O) groups excluding carboxylic acids is 1. The van der Waals surface area contributed by atoms with Crippen LogP contribution in [-0.4, -0.2) is 17.0 Å². The first kappa shape index (κ1) is 15.9. The van der Waals surface area contributed by atoms with Gasteiger partial charge in [-0.25, -0.2) is 0 Å². The summed E-state index contributed by atoms with van der Waals surface area (Å²) in [4.78, 5) is 12.6. The molecule has 0 bridgehead atoms. The van der Waals surface area contributed by atoms with E-state index in [0.717, 1.165) is 48.3 Å². The molecule has 5 saturated carbocycles. The first-order valence-electron chi connectivity index (χ1n) is 10.7. The van der Waals surface area contributed by atoms with Crippen LogP contribution in [-0.2, 0) is 4.79 Å². The number of hydrogen-bond acceptors (Lipinski definition) is 2. The first-order chi connectivity index (χ1) is 11.5. The maximum absolute atomic E-state index is 12.6. The Hall–Kier alpha value is -0.370. The van der Waals surface area contributed by atoms with E-state index in [-0.39, 0.29) is 11.5 Å². The Bertz CT molecular complexity index is 556. The van der Waals surface area contributed by atoms with Crippen molar-refractivity contribution >= 4 is 5.78 Å². The molecule has 2 heteroatoms. The van der Waals surface area contributed by atoms with Crippen molar-refractivity contribution in [1.82, 2.24) is 0 Å². The van der Waals surface area contributed by atoms with Crippen molar-refractivity contribution in [2.75, 3.05) is 0 Å². The molecule has 0 spiro atoms. The molecule has 0 radical (unpaired) electrons. The molecule has 2 nitrogen and oxygen atoms in total. The van der Waals surface area contributed by atoms with Gasteiger partial charge in [-0.15, -0.1) is 0 Å². The minimum atomic E-state index is -0.0266. The molecule has 5 aliphatic rings. The predicted octanol–water partition coefficient (Wildman–Crippen LogP) is 4.60. The molecule has 24 heavy (non-hydrogen) atoms. The lowest BCUT2D eigenvalue weighted by atomic mass is 9.47. The zero-order valence-corrected chi connectivity index (χ0v) is 15.5. The molecule has 0 saturated heterocycles. The van der Waals surface area contributed by atoms with Crippen LogP contribution in [0.3, 0.4) is 0 Å². The number of hydrogen-bond donors (Lipinski definition) is 1. The molecule has 5 rings (SSSR count). The fourth-order valence-electron chi connectivity index (χ4n) is 9.06. The van der Waals surface area contributed by atoms with Crippen LogP contribution in [0.2, 0.25) is 0 Å². The van der Waals surface area contributed by atoms with Crippen molar-refractivity contribution in [2.24, 2.45) is 46.3 Å². The highest BCUT2D eigenvalue weighted by molar-refractivity contribution is 5.87. The molecular weight excluding hydrogens is 296 g/mol. The van der Waals surface area contributed by atoms with Gasteiger partial charge in [-0.1, -0.05) is 6.92 Å². The standard InChI is InChI=1S/C22H34O2/c1-3-21-9-8-18-17-7-5-16(24)10-14(17)4-6-19(18)20(21)11-15-12-22(15,21)13(2)23/h14-20,24H,3-12H2,1-2H3/t14-,15+,16+,17+,18-,19-,20+,21+,22+/m1/s1. The summed E-state index contributed by atoms with van der Waals surface area (Å²) in [5.74, 6) is 5.54. The van der Waals surface area contributed by atoms with E-state index in [1.807, 2.05) is 6.92 Å². The smallest absolute Gasteiger partial charge is 0.136 e. The lowest BCUT2D eigenvalue weighted by molar-refractivity contribution is -0.137. The zero-order chi connectivity index (χ0) is 16.7. The molecule has 0 aromatic carbocycles. The predicted molar refractivity (Wildman–Crippen MR) is 94.3 cm³/mol. The van der Waals surface area contributed by atoms with Gasteiger partial charge in [0.15, 0.2) is 0 Å². The summed E-state index contributed by atoms with van der Waals surface area (Å²) in [6.45, 7) is 4.27. The second-order valence-electron chi connectivity index (χ2n) is 10.1. The van der Waals surface area contributed by atoms with E-state index in [0.29, 0.717) is 11.2 Å². The highest BCUT2D eigenvalue weighted by Gasteiger charge is 2.77. The number of rotatable bonds is 2. The molecule has 5 aliphatic carbocycles. The molecule has 0 unspecified atom stereocenters. The maximum Gasteiger partial charge on any atom is 0.136 e. The van der Waals surface area contributed by atoms with Crippen LogP contribution >= 0.6 is 0 Å². The van der Waals surface area contributed by atoms with Gasteiger partial charge in [0.05, 0.1) is 6.10 Å². The van der Waals surface area contributed by atoms with Crippen molar-refractivity contribution < 1.29 is 9.90 Å². The van der Waals surface area contributed by atoms with Crippen LogP contribution in [0.25, 0.3) is 0 Å². The summed E-state index contributed by atoms with van der Waals surface area (Å²) in [5.41, 5.74) is 0.447. The van der Waals surface area contributed by atoms with Crippen LogP contribution in [0.1, 0.15) is 78.1 Å². The molecular formula is C22H34O2. The third kappa shape index (κ3) is 1.75. The zero-order valence-electron chi connectivity index (χ0n) is 15.5. The average molecular weight is 331 g/mol. The second-order valence-corrected chi connectivity index (χ2v) is 10.1. The molecule has 0 aliphatic heterocycles. The van der Waals surface area contributed by atoms with Gasteiger partial charge in [0.25, 0.3) is 0 Å². The average Bonchev–Trinajstić information content (AvgIpc) is 3.24. The lowest BCUT2D eigenvalue weighted by Gasteiger charge is -2.58. The van der Waals surface area contributed by atoms with E-state index in [1.165, 1.54) is 51.4 Å². The monoisotopic (exact) mass is 330 g/mol. The topological polar surface area (TPSA) is 37.3 Å². The Kier molecular flexibility index (Phi) is 3.36. The second kappa shape index (κ2) is 5.09. The minimum Gasteiger partial charge on any atom is -0.393 e. The molecule has 134 valence electrons. The Morgan fingerprint density at radius 2 is 1.83 bits per heavy atom. The Balaban J connectivity index is 1.45. The number of Topliss-reactive ketones (excluding diaryl/α,β-unsaturated/α-hetero) is 1. The van der Waals surface area contributed by atoms with Crippen LogP contribution < -0.4 is 0 Å². The number of fused-ring (bicyclic) bond motifs is 7. The van der Waals surface area contributed by atoms with Crippen molar-refractivity contribution in [3.8, 4) is 0 Å². The van der Waals surface area contributed by atoms with E-state index in [1.54, 1.807) is 0 Å². The summed E-state index contributed by atoms with van der Waals surface area (Å²) < 4.78 is 0. The third-order valence-corrected chi connectivity index (χ3v) is 9.93. The molecule has 0 amide bonds. The van der Waals surface area contributed by atoms with Gasteiger partial charge >= 0.3 is 0 Å². The fraction of sp³-hybridized carbons (Fsp3) is 0.955. The van der Waals surface area contributed by atoms with E-state index < -0.39 is 0 Å². The molecule has 1 N–H and O–H groups in total. The van der Waals surface area contributed by atoms with Crippen molar-refractivity contribution in [2.45, 2.75) is 84.2 Å². The van der Waals surface area contributed by atoms with Gasteiger partial charge in [0.2, 0.25) is 0 Å². The van der Waals surface area contributed by atoms with E-state index in [4.69, 9.17) is 0 Å². The van der Waals surface area contributed by atoms with Crippen LogP contribution in [0.15, 0.2) is 0 Å². The lowest BCUT2D eigenvalue weighted by Crippen LogP contribution is -2.52. The fourth-order valence-corrected chi connectivity index (χ4v) is 9.06. The van der Waals surface area contributed by atoms with Gasteiger partial charge in [-0.3, -0.25) is 4.79 Å². The van der Waals surface area contributed by atoms with Crippen molar-refractivity contribution in [1.29, 1.82) is 0 Å². The Morgan fingerprint density at radius 1 is 1.04 bits per heavy atom. The summed E-state index contributed by atoms with van der Waals surface area (Å²) in [6.07, 6.45) is 12.5. The van der Waals surface area contributed by atoms with Crippen LogP contribution in [0.4, 0.5) is 0 Å². The van der Waals surface area contributed by atoms with Gasteiger partial charge in [0, 0.05) is 5.41 Å². The summed E-state index contributed by atoms with van der Waals surface area (Å²) in [5, 5.41) is 10.1. The SMILES string of the molecule is CC[C@]12CC[C@H]3[C@@H](CC[C@@H]4C[C@@H](O)CC[C@@H]43)[C@@H]1C[C@H]1C[C@]12C(C)=O. The molecule has 0 aromatic heterocycles. The summed E-state index contributed by atoms with van der Waals surface area (Å²) in [7, 11) is 0. The number of aliphatic hydroxyl groups is 1. The van der Waals surface area contributed by atoms with Gasteiger partial charge in [-0.05, 0) is 112 Å². The highest BCUT2D eigenvalue weighted by atomic mass is 16.3. The maximum atomic E-state index is 12.6.